The van der Waals surface area contributed by atoms with Gasteiger partial charge >= 0.3 is 0 Å². The lowest BCUT2D eigenvalue weighted by Gasteiger charge is -2.45. The van der Waals surface area contributed by atoms with E-state index in [9.17, 15) is 55.9 Å². The second-order valence-corrected chi connectivity index (χ2v) is 10.4. The number of aliphatic hydroxyl groups excluding tert-OH is 7. The minimum atomic E-state index is -1.96. The van der Waals surface area contributed by atoms with Gasteiger partial charge in [-0.3, -0.25) is 4.79 Å². The molecule has 3 aromatic rings. The number of benzene rings is 2. The summed E-state index contributed by atoms with van der Waals surface area (Å²) in [6.45, 7) is -1.66. The highest BCUT2D eigenvalue weighted by Gasteiger charge is 2.51. The van der Waals surface area contributed by atoms with Crippen LogP contribution < -0.4 is 14.9 Å². The maximum atomic E-state index is 13.9. The number of hydrogen-bond donors (Lipinski definition) is 10. The lowest BCUT2D eigenvalue weighted by atomic mass is 9.97. The zero-order valence-electron chi connectivity index (χ0n) is 23.4. The molecule has 5 rings (SSSR count). The zero-order valence-corrected chi connectivity index (χ0v) is 23.4. The number of methoxy groups -OCH3 is 1. The van der Waals surface area contributed by atoms with Crippen LogP contribution in [0.1, 0.15) is 0 Å². The minimum Gasteiger partial charge on any atom is -0.507 e. The molecule has 0 saturated carbocycles. The van der Waals surface area contributed by atoms with Gasteiger partial charge in [-0.2, -0.15) is 0 Å². The van der Waals surface area contributed by atoms with Crippen molar-refractivity contribution in [2.75, 3.05) is 20.3 Å². The van der Waals surface area contributed by atoms with Gasteiger partial charge in [0, 0.05) is 17.7 Å². The summed E-state index contributed by atoms with van der Waals surface area (Å²) in [6, 6.07) is 5.79. The summed E-state index contributed by atoms with van der Waals surface area (Å²) in [5.41, 5.74) is -1.22. The van der Waals surface area contributed by atoms with Crippen molar-refractivity contribution in [1.29, 1.82) is 0 Å². The predicted octanol–water partition coefficient (Wildman–Crippen LogP) is -2.41. The maximum absolute atomic E-state index is 13.9. The molecule has 45 heavy (non-hydrogen) atoms. The molecule has 0 bridgehead atoms. The van der Waals surface area contributed by atoms with Gasteiger partial charge in [0.2, 0.25) is 17.5 Å². The highest BCUT2D eigenvalue weighted by atomic mass is 16.8. The molecule has 10 atom stereocenters. The van der Waals surface area contributed by atoms with Crippen molar-refractivity contribution in [3.8, 4) is 40.1 Å². The van der Waals surface area contributed by atoms with Crippen LogP contribution in [0.4, 0.5) is 0 Å². The van der Waals surface area contributed by atoms with Crippen LogP contribution in [0.25, 0.3) is 22.3 Å². The summed E-state index contributed by atoms with van der Waals surface area (Å²) >= 11 is 0. The Morgan fingerprint density at radius 2 is 1.40 bits per heavy atom. The molecule has 17 heteroatoms. The number of fused-ring (bicyclic) bond motifs is 1. The van der Waals surface area contributed by atoms with Crippen molar-refractivity contribution in [3.05, 3.63) is 40.6 Å². The SMILES string of the molecule is COc1cc(O)c2c(=O)c(O[C@@H]3O[C@H](CO)[C@@H](O)[C@H](O)[C@H]3O[C@@H]3O[C@H](CO)[C@@H](O)[C@@H](O)[C@H]3O)c(-c3ccc(O)c(O)c3)oc2c1. The van der Waals surface area contributed by atoms with Crippen molar-refractivity contribution in [3.63, 3.8) is 0 Å². The van der Waals surface area contributed by atoms with E-state index in [4.69, 9.17) is 28.1 Å². The third kappa shape index (κ3) is 5.98. The Kier molecular flexibility index (Phi) is 9.38. The standard InChI is InChI=1S/C28H32O17/c1-40-10-5-13(33)17-14(6-10)41-24(9-2-3-11(31)12(32)4-9)25(20(17)36)44-28-26(22(38)19(35)16(8-30)43-28)45-27-23(39)21(37)18(34)15(7-29)42-27/h2-6,15-16,18-19,21-23,26-35,37-39H,7-8H2,1H3/t15-,16-,18-,19-,21-,22+,23-,26-,27+,28+/m1/s1. The number of hydrogen-bond acceptors (Lipinski definition) is 17. The summed E-state index contributed by atoms with van der Waals surface area (Å²) in [5.74, 6) is -2.65. The average Bonchev–Trinajstić information content (AvgIpc) is 3.02. The van der Waals surface area contributed by atoms with E-state index in [0.717, 1.165) is 18.2 Å². The molecule has 2 aliphatic heterocycles. The number of aromatic hydroxyl groups is 3. The fourth-order valence-corrected chi connectivity index (χ4v) is 5.08. The Balaban J connectivity index is 1.62. The van der Waals surface area contributed by atoms with Gasteiger partial charge in [0.15, 0.2) is 29.7 Å². The molecule has 0 aliphatic carbocycles. The van der Waals surface area contributed by atoms with Crippen LogP contribution in [0.5, 0.6) is 28.7 Å². The van der Waals surface area contributed by atoms with Gasteiger partial charge in [-0.15, -0.1) is 0 Å². The molecule has 3 heterocycles. The molecular weight excluding hydrogens is 608 g/mol. The molecule has 17 nitrogen and oxygen atoms in total. The number of phenols is 3. The van der Waals surface area contributed by atoms with Gasteiger partial charge in [-0.05, 0) is 18.2 Å². The highest BCUT2D eigenvalue weighted by Crippen LogP contribution is 2.40. The van der Waals surface area contributed by atoms with E-state index < -0.39 is 103 Å². The van der Waals surface area contributed by atoms with Crippen LogP contribution in [-0.2, 0) is 14.2 Å². The Labute approximate surface area is 252 Å². The summed E-state index contributed by atoms with van der Waals surface area (Å²) in [6.07, 6.45) is -17.9. The maximum Gasteiger partial charge on any atom is 0.239 e. The molecule has 0 amide bonds. The third-order valence-corrected chi connectivity index (χ3v) is 7.58. The first kappa shape index (κ1) is 32.6. The van der Waals surface area contributed by atoms with E-state index in [-0.39, 0.29) is 28.0 Å². The van der Waals surface area contributed by atoms with Crippen LogP contribution in [0.2, 0.25) is 0 Å². The van der Waals surface area contributed by atoms with E-state index >= 15 is 0 Å². The van der Waals surface area contributed by atoms with E-state index in [1.54, 1.807) is 0 Å². The second kappa shape index (κ2) is 12.9. The molecule has 0 unspecified atom stereocenters. The summed E-state index contributed by atoms with van der Waals surface area (Å²) in [4.78, 5) is 13.9. The van der Waals surface area contributed by atoms with Crippen molar-refractivity contribution in [2.24, 2.45) is 0 Å². The fraction of sp³-hybridized carbons (Fsp3) is 0.464. The number of rotatable bonds is 8. The van der Waals surface area contributed by atoms with Crippen LogP contribution in [0.3, 0.4) is 0 Å². The van der Waals surface area contributed by atoms with Crippen molar-refractivity contribution >= 4 is 11.0 Å². The lowest BCUT2D eigenvalue weighted by molar-refractivity contribution is -0.358. The first-order valence-corrected chi connectivity index (χ1v) is 13.5. The smallest absolute Gasteiger partial charge is 0.239 e. The van der Waals surface area contributed by atoms with E-state index in [1.165, 1.54) is 19.2 Å². The largest absolute Gasteiger partial charge is 0.507 e. The van der Waals surface area contributed by atoms with Crippen molar-refractivity contribution in [2.45, 2.75) is 61.4 Å². The minimum absolute atomic E-state index is 0.0249. The summed E-state index contributed by atoms with van der Waals surface area (Å²) in [7, 11) is 1.31. The van der Waals surface area contributed by atoms with Crippen molar-refractivity contribution < 1.29 is 79.2 Å². The molecule has 0 radical (unpaired) electrons. The Hall–Kier alpha value is -3.75. The Bertz CT molecular complexity index is 1570. The number of aliphatic hydroxyl groups is 7. The van der Waals surface area contributed by atoms with Gasteiger partial charge in [-0.1, -0.05) is 0 Å². The summed E-state index contributed by atoms with van der Waals surface area (Å²) in [5, 5.41) is 102. The van der Waals surface area contributed by atoms with Gasteiger partial charge in [0.05, 0.1) is 20.3 Å². The molecular formula is C28H32O17. The first-order valence-electron chi connectivity index (χ1n) is 13.5. The van der Waals surface area contributed by atoms with Gasteiger partial charge in [0.25, 0.3) is 0 Å². The molecule has 246 valence electrons. The van der Waals surface area contributed by atoms with Crippen LogP contribution in [0.15, 0.2) is 39.5 Å². The quantitative estimate of drug-likeness (QED) is 0.115. The Morgan fingerprint density at radius 3 is 2.02 bits per heavy atom. The molecule has 2 aliphatic rings. The second-order valence-electron chi connectivity index (χ2n) is 10.4. The lowest BCUT2D eigenvalue weighted by Crippen LogP contribution is -2.65. The molecule has 2 fully saturated rings. The van der Waals surface area contributed by atoms with Crippen LogP contribution in [-0.4, -0.2) is 133 Å². The number of phenolic OH excluding ortho intramolecular Hbond substituents is 3. The van der Waals surface area contributed by atoms with Crippen LogP contribution in [0, 0.1) is 0 Å². The van der Waals surface area contributed by atoms with Gasteiger partial charge in [0.1, 0.15) is 65.2 Å². The van der Waals surface area contributed by atoms with Crippen molar-refractivity contribution in [1.82, 2.24) is 0 Å². The van der Waals surface area contributed by atoms with Gasteiger partial charge < -0.3 is 79.2 Å². The monoisotopic (exact) mass is 640 g/mol. The molecule has 2 saturated heterocycles. The first-order chi connectivity index (χ1) is 21.4. The zero-order chi connectivity index (χ0) is 32.7. The van der Waals surface area contributed by atoms with Crippen LogP contribution >= 0.6 is 0 Å². The number of ether oxygens (including phenoxy) is 5. The van der Waals surface area contributed by atoms with E-state index in [0.29, 0.717) is 0 Å². The summed E-state index contributed by atoms with van der Waals surface area (Å²) < 4.78 is 33.5. The van der Waals surface area contributed by atoms with E-state index in [1.807, 2.05) is 0 Å². The molecule has 2 aromatic carbocycles. The molecule has 0 spiro atoms. The normalized spacial score (nSPS) is 32.0. The highest BCUT2D eigenvalue weighted by molar-refractivity contribution is 5.88. The Morgan fingerprint density at radius 1 is 0.756 bits per heavy atom. The van der Waals surface area contributed by atoms with E-state index in [2.05, 4.69) is 0 Å². The average molecular weight is 641 g/mol. The molecule has 10 N–H and O–H groups in total. The topological polar surface area (TPSA) is 279 Å². The third-order valence-electron chi connectivity index (χ3n) is 7.58. The molecule has 1 aromatic heterocycles. The predicted molar refractivity (Wildman–Crippen MR) is 146 cm³/mol. The van der Waals surface area contributed by atoms with Gasteiger partial charge in [-0.25, -0.2) is 0 Å². The fourth-order valence-electron chi connectivity index (χ4n) is 5.08.